The van der Waals surface area contributed by atoms with Crippen LogP contribution in [0.1, 0.15) is 48.9 Å². The van der Waals surface area contributed by atoms with E-state index in [1.165, 1.54) is 33.6 Å². The average molecular weight is 345 g/mol. The lowest BCUT2D eigenvalue weighted by atomic mass is 10.0. The third-order valence-corrected chi connectivity index (χ3v) is 6.01. The maximum Gasteiger partial charge on any atom is 0.0594 e. The molecule has 2 atom stereocenters. The summed E-state index contributed by atoms with van der Waals surface area (Å²) in [4.78, 5) is 5.40. The van der Waals surface area contributed by atoms with E-state index in [9.17, 15) is 0 Å². The molecule has 1 aromatic rings. The van der Waals surface area contributed by atoms with E-state index >= 15 is 0 Å². The zero-order valence-corrected chi connectivity index (χ0v) is 14.6. The highest BCUT2D eigenvalue weighted by atomic mass is 79.9. The summed E-state index contributed by atoms with van der Waals surface area (Å²) in [5.41, 5.74) is 6.49. The fourth-order valence-corrected chi connectivity index (χ4v) is 4.73. The van der Waals surface area contributed by atoms with E-state index in [0.717, 1.165) is 13.0 Å². The van der Waals surface area contributed by atoms with Crippen molar-refractivity contribution in [2.45, 2.75) is 52.1 Å². The predicted octanol–water partition coefficient (Wildman–Crippen LogP) is 4.33. The number of likely N-dealkylation sites (tertiary alicyclic amines) is 1. The Morgan fingerprint density at radius 3 is 2.79 bits per heavy atom. The standard InChI is InChI=1S/C15H25BrN2S/c1-10(2)9-18-7-5-4-6-13(17)15(18)14-8-12(16)11(3)19-14/h8,10,13,15H,4-7,9,17H2,1-3H3. The summed E-state index contributed by atoms with van der Waals surface area (Å²) in [6.45, 7) is 9.09. The minimum atomic E-state index is 0.270. The Labute approximate surface area is 129 Å². The van der Waals surface area contributed by atoms with Crippen molar-refractivity contribution in [3.05, 3.63) is 20.3 Å². The summed E-state index contributed by atoms with van der Waals surface area (Å²) < 4.78 is 1.23. The summed E-state index contributed by atoms with van der Waals surface area (Å²) in [6, 6.07) is 2.95. The van der Waals surface area contributed by atoms with E-state index in [2.05, 4.69) is 47.7 Å². The predicted molar refractivity (Wildman–Crippen MR) is 87.7 cm³/mol. The Morgan fingerprint density at radius 1 is 1.47 bits per heavy atom. The SMILES string of the molecule is Cc1sc(C2C(N)CCCCN2CC(C)C)cc1Br. The summed E-state index contributed by atoms with van der Waals surface area (Å²) >= 11 is 5.54. The Hall–Kier alpha value is 0.100. The molecule has 0 aromatic carbocycles. The van der Waals surface area contributed by atoms with Gasteiger partial charge < -0.3 is 5.73 Å². The van der Waals surface area contributed by atoms with Gasteiger partial charge in [-0.3, -0.25) is 4.90 Å². The van der Waals surface area contributed by atoms with Crippen molar-refractivity contribution in [2.24, 2.45) is 11.7 Å². The number of hydrogen-bond donors (Lipinski definition) is 1. The molecule has 0 amide bonds. The molecule has 108 valence electrons. The third kappa shape index (κ3) is 3.81. The van der Waals surface area contributed by atoms with Crippen LogP contribution in [0, 0.1) is 12.8 Å². The smallest absolute Gasteiger partial charge is 0.0594 e. The molecule has 19 heavy (non-hydrogen) atoms. The Kier molecular flexibility index (Phi) is 5.46. The highest BCUT2D eigenvalue weighted by Gasteiger charge is 2.30. The van der Waals surface area contributed by atoms with Crippen LogP contribution in [-0.2, 0) is 0 Å². The van der Waals surface area contributed by atoms with Gasteiger partial charge in [-0.25, -0.2) is 0 Å². The van der Waals surface area contributed by atoms with Gasteiger partial charge in [0.15, 0.2) is 0 Å². The van der Waals surface area contributed by atoms with Crippen LogP contribution < -0.4 is 5.73 Å². The van der Waals surface area contributed by atoms with E-state index in [4.69, 9.17) is 5.73 Å². The van der Waals surface area contributed by atoms with Crippen LogP contribution in [0.15, 0.2) is 10.5 Å². The molecule has 0 aliphatic carbocycles. The zero-order valence-electron chi connectivity index (χ0n) is 12.2. The number of rotatable bonds is 3. The number of hydrogen-bond acceptors (Lipinski definition) is 3. The number of nitrogens with zero attached hydrogens (tertiary/aromatic N) is 1. The van der Waals surface area contributed by atoms with Gasteiger partial charge in [0.25, 0.3) is 0 Å². The summed E-state index contributed by atoms with van der Waals surface area (Å²) in [6.07, 6.45) is 3.69. The lowest BCUT2D eigenvalue weighted by Crippen LogP contribution is -2.41. The van der Waals surface area contributed by atoms with Gasteiger partial charge in [0.05, 0.1) is 6.04 Å². The van der Waals surface area contributed by atoms with Gasteiger partial charge in [-0.15, -0.1) is 11.3 Å². The largest absolute Gasteiger partial charge is 0.326 e. The highest BCUT2D eigenvalue weighted by molar-refractivity contribution is 9.10. The van der Waals surface area contributed by atoms with Crippen LogP contribution in [0.3, 0.4) is 0 Å². The molecule has 1 aliphatic rings. The number of nitrogens with two attached hydrogens (primary N) is 1. The van der Waals surface area contributed by atoms with Crippen LogP contribution in [0.2, 0.25) is 0 Å². The molecular weight excluding hydrogens is 320 g/mol. The third-order valence-electron chi connectivity index (χ3n) is 3.80. The quantitative estimate of drug-likeness (QED) is 0.884. The molecule has 1 fully saturated rings. The molecule has 2 rings (SSSR count). The topological polar surface area (TPSA) is 29.3 Å². The number of aryl methyl sites for hydroxylation is 1. The molecule has 1 aliphatic heterocycles. The second-order valence-corrected chi connectivity index (χ2v) is 8.19. The Balaban J connectivity index is 2.28. The fraction of sp³-hybridized carbons (Fsp3) is 0.733. The van der Waals surface area contributed by atoms with Crippen LogP contribution >= 0.6 is 27.3 Å². The molecule has 2 unspecified atom stereocenters. The van der Waals surface area contributed by atoms with Gasteiger partial charge in [-0.1, -0.05) is 20.3 Å². The average Bonchev–Trinajstić information content (AvgIpc) is 2.54. The van der Waals surface area contributed by atoms with Crippen molar-refractivity contribution in [3.8, 4) is 0 Å². The molecule has 2 N–H and O–H groups in total. The van der Waals surface area contributed by atoms with Crippen LogP contribution in [0.25, 0.3) is 0 Å². The second-order valence-electron chi connectivity index (χ2n) is 6.05. The van der Waals surface area contributed by atoms with Gasteiger partial charge in [-0.2, -0.15) is 0 Å². The number of halogens is 1. The molecule has 0 saturated carbocycles. The highest BCUT2D eigenvalue weighted by Crippen LogP contribution is 2.37. The molecule has 0 radical (unpaired) electrons. The Bertz CT molecular complexity index is 397. The van der Waals surface area contributed by atoms with Crippen LogP contribution in [0.4, 0.5) is 0 Å². The number of thiophene rings is 1. The van der Waals surface area contributed by atoms with E-state index in [1.54, 1.807) is 0 Å². The lowest BCUT2D eigenvalue weighted by Gasteiger charge is -2.34. The van der Waals surface area contributed by atoms with Gasteiger partial charge >= 0.3 is 0 Å². The van der Waals surface area contributed by atoms with Crippen LogP contribution in [-0.4, -0.2) is 24.0 Å². The second kappa shape index (κ2) is 6.70. The van der Waals surface area contributed by atoms with Gasteiger partial charge in [-0.05, 0) is 54.2 Å². The minimum Gasteiger partial charge on any atom is -0.326 e. The minimum absolute atomic E-state index is 0.270. The molecule has 0 spiro atoms. The molecule has 0 bridgehead atoms. The first-order valence-electron chi connectivity index (χ1n) is 7.24. The Morgan fingerprint density at radius 2 is 2.21 bits per heavy atom. The first-order valence-corrected chi connectivity index (χ1v) is 8.85. The molecule has 1 aromatic heterocycles. The molecule has 1 saturated heterocycles. The summed E-state index contributed by atoms with van der Waals surface area (Å²) in [5, 5.41) is 0. The maximum atomic E-state index is 6.49. The molecule has 4 heteroatoms. The first kappa shape index (κ1) is 15.5. The van der Waals surface area contributed by atoms with Crippen LogP contribution in [0.5, 0.6) is 0 Å². The van der Waals surface area contributed by atoms with Crippen molar-refractivity contribution in [3.63, 3.8) is 0 Å². The van der Waals surface area contributed by atoms with Gasteiger partial charge in [0, 0.05) is 26.8 Å². The van der Waals surface area contributed by atoms with E-state index in [-0.39, 0.29) is 6.04 Å². The molecule has 2 nitrogen and oxygen atoms in total. The first-order chi connectivity index (χ1) is 8.99. The van der Waals surface area contributed by atoms with Crippen molar-refractivity contribution in [1.29, 1.82) is 0 Å². The van der Waals surface area contributed by atoms with E-state index < -0.39 is 0 Å². The molecular formula is C15H25BrN2S. The normalized spacial score (nSPS) is 25.8. The zero-order chi connectivity index (χ0) is 14.0. The monoisotopic (exact) mass is 344 g/mol. The van der Waals surface area contributed by atoms with E-state index in [0.29, 0.717) is 12.0 Å². The fourth-order valence-electron chi connectivity index (χ4n) is 2.95. The lowest BCUT2D eigenvalue weighted by molar-refractivity contribution is 0.168. The van der Waals surface area contributed by atoms with Gasteiger partial charge in [0.2, 0.25) is 0 Å². The maximum absolute atomic E-state index is 6.49. The van der Waals surface area contributed by atoms with Crippen molar-refractivity contribution in [1.82, 2.24) is 4.90 Å². The van der Waals surface area contributed by atoms with Crippen molar-refractivity contribution in [2.75, 3.05) is 13.1 Å². The van der Waals surface area contributed by atoms with Crippen molar-refractivity contribution < 1.29 is 0 Å². The van der Waals surface area contributed by atoms with E-state index in [1.807, 2.05) is 11.3 Å². The molecule has 2 heterocycles. The van der Waals surface area contributed by atoms with Gasteiger partial charge in [0.1, 0.15) is 0 Å². The van der Waals surface area contributed by atoms with Crippen molar-refractivity contribution >= 4 is 27.3 Å². The summed E-state index contributed by atoms with van der Waals surface area (Å²) in [5.74, 6) is 0.692. The summed E-state index contributed by atoms with van der Waals surface area (Å²) in [7, 11) is 0.